The van der Waals surface area contributed by atoms with Gasteiger partial charge in [-0.1, -0.05) is 42.5 Å². The number of nitrogens with one attached hydrogen (secondary N) is 2. The quantitative estimate of drug-likeness (QED) is 0.856. The molecule has 2 unspecified atom stereocenters. The molecule has 6 heteroatoms. The van der Waals surface area contributed by atoms with Crippen molar-refractivity contribution in [2.45, 2.75) is 31.2 Å². The fraction of sp³-hybridized carbons (Fsp3) is 0.286. The van der Waals surface area contributed by atoms with Crippen molar-refractivity contribution in [3.63, 3.8) is 0 Å². The molecule has 1 fully saturated rings. The third-order valence-corrected chi connectivity index (χ3v) is 5.00. The van der Waals surface area contributed by atoms with Gasteiger partial charge in [-0.15, -0.1) is 0 Å². The number of nitrogens with zero attached hydrogens (tertiary/aromatic N) is 1. The summed E-state index contributed by atoms with van der Waals surface area (Å²) in [6, 6.07) is 17.4. The average molecular weight is 363 g/mol. The molecule has 6 nitrogen and oxygen atoms in total. The van der Waals surface area contributed by atoms with E-state index in [0.29, 0.717) is 17.3 Å². The Bertz CT molecular complexity index is 881. The third-order valence-electron chi connectivity index (χ3n) is 5.00. The van der Waals surface area contributed by atoms with Crippen LogP contribution in [0.15, 0.2) is 54.6 Å². The minimum absolute atomic E-state index is 0.0177. The molecule has 2 aromatic rings. The number of benzene rings is 2. The van der Waals surface area contributed by atoms with E-state index < -0.39 is 0 Å². The average Bonchev–Trinajstić information content (AvgIpc) is 3.45. The van der Waals surface area contributed by atoms with Gasteiger partial charge in [-0.25, -0.2) is 0 Å². The van der Waals surface area contributed by atoms with Crippen molar-refractivity contribution in [2.75, 3.05) is 16.8 Å². The number of carbonyl (C=O) groups excluding carboxylic acids is 3. The van der Waals surface area contributed by atoms with E-state index in [-0.39, 0.29) is 43.1 Å². The molecule has 2 aromatic carbocycles. The van der Waals surface area contributed by atoms with Crippen molar-refractivity contribution < 1.29 is 14.4 Å². The van der Waals surface area contributed by atoms with E-state index in [1.807, 2.05) is 24.3 Å². The normalized spacial score (nSPS) is 20.4. The van der Waals surface area contributed by atoms with Crippen LogP contribution in [0.3, 0.4) is 0 Å². The van der Waals surface area contributed by atoms with E-state index in [1.54, 1.807) is 18.2 Å². The van der Waals surface area contributed by atoms with Crippen LogP contribution in [0.2, 0.25) is 0 Å². The van der Waals surface area contributed by atoms with Crippen LogP contribution in [0.5, 0.6) is 0 Å². The Balaban J connectivity index is 1.30. The molecule has 27 heavy (non-hydrogen) atoms. The molecule has 0 aromatic heterocycles. The molecule has 2 aliphatic rings. The highest BCUT2D eigenvalue weighted by atomic mass is 16.2. The first-order chi connectivity index (χ1) is 13.1. The zero-order valence-electron chi connectivity index (χ0n) is 14.9. The summed E-state index contributed by atoms with van der Waals surface area (Å²) in [4.78, 5) is 38.0. The first kappa shape index (κ1) is 17.3. The number of hydrogen-bond acceptors (Lipinski definition) is 3. The maximum atomic E-state index is 12.6. The maximum Gasteiger partial charge on any atom is 0.244 e. The van der Waals surface area contributed by atoms with Crippen molar-refractivity contribution in [1.29, 1.82) is 0 Å². The summed E-state index contributed by atoms with van der Waals surface area (Å²) in [6.07, 6.45) is 1.14. The first-order valence-electron chi connectivity index (χ1n) is 9.15. The number of para-hydroxylation sites is 2. The molecule has 138 valence electrons. The lowest BCUT2D eigenvalue weighted by molar-refractivity contribution is -0.125. The monoisotopic (exact) mass is 363 g/mol. The number of amides is 3. The number of rotatable bonds is 5. The Morgan fingerprint density at radius 2 is 1.78 bits per heavy atom. The van der Waals surface area contributed by atoms with Gasteiger partial charge >= 0.3 is 0 Å². The molecule has 1 saturated carbocycles. The highest BCUT2D eigenvalue weighted by molar-refractivity contribution is 6.10. The Morgan fingerprint density at radius 3 is 2.59 bits per heavy atom. The number of carbonyl (C=O) groups is 3. The van der Waals surface area contributed by atoms with E-state index >= 15 is 0 Å². The van der Waals surface area contributed by atoms with Crippen molar-refractivity contribution >= 4 is 29.1 Å². The van der Waals surface area contributed by atoms with Crippen LogP contribution in [0.25, 0.3) is 0 Å². The predicted octanol–water partition coefficient (Wildman–Crippen LogP) is 2.42. The smallest absolute Gasteiger partial charge is 0.244 e. The van der Waals surface area contributed by atoms with Crippen LogP contribution in [0.1, 0.15) is 30.7 Å². The lowest BCUT2D eigenvalue weighted by Crippen LogP contribution is -2.42. The van der Waals surface area contributed by atoms with Gasteiger partial charge in [0.25, 0.3) is 0 Å². The fourth-order valence-electron chi connectivity index (χ4n) is 3.51. The van der Waals surface area contributed by atoms with Gasteiger partial charge in [0.2, 0.25) is 17.7 Å². The standard InChI is InChI=1S/C21H21N3O3/c25-19(23-17-12-15(17)14-6-2-1-3-7-14)10-11-21(27)24-13-20(26)22-16-8-4-5-9-18(16)24/h1-9,15,17H,10-13H2,(H,22,26)(H,23,25). The van der Waals surface area contributed by atoms with Gasteiger partial charge in [0.1, 0.15) is 6.54 Å². The van der Waals surface area contributed by atoms with E-state index in [0.717, 1.165) is 6.42 Å². The van der Waals surface area contributed by atoms with E-state index in [9.17, 15) is 14.4 Å². The molecule has 3 amide bonds. The largest absolute Gasteiger partial charge is 0.353 e. The van der Waals surface area contributed by atoms with Crippen molar-refractivity contribution in [1.82, 2.24) is 5.32 Å². The summed E-state index contributed by atoms with van der Waals surface area (Å²) >= 11 is 0. The maximum absolute atomic E-state index is 12.6. The van der Waals surface area contributed by atoms with Gasteiger partial charge in [0.15, 0.2) is 0 Å². The summed E-state index contributed by atoms with van der Waals surface area (Å²) in [6.45, 7) is -0.0177. The second-order valence-electron chi connectivity index (χ2n) is 6.97. The van der Waals surface area contributed by atoms with Crippen molar-refractivity contribution in [3.8, 4) is 0 Å². The van der Waals surface area contributed by atoms with Crippen LogP contribution >= 0.6 is 0 Å². The number of fused-ring (bicyclic) bond motifs is 1. The summed E-state index contributed by atoms with van der Waals surface area (Å²) in [5.74, 6) is -0.205. The molecular weight excluding hydrogens is 342 g/mol. The first-order valence-corrected chi connectivity index (χ1v) is 9.15. The highest BCUT2D eigenvalue weighted by Gasteiger charge is 2.39. The third kappa shape index (κ3) is 3.84. The predicted molar refractivity (Wildman–Crippen MR) is 102 cm³/mol. The molecule has 2 N–H and O–H groups in total. The SMILES string of the molecule is O=C1CN(C(=O)CCC(=O)NC2CC2c2ccccc2)c2ccccc2N1. The highest BCUT2D eigenvalue weighted by Crippen LogP contribution is 2.40. The lowest BCUT2D eigenvalue weighted by atomic mass is 10.1. The van der Waals surface area contributed by atoms with Crippen LogP contribution in [-0.4, -0.2) is 30.3 Å². The molecule has 1 heterocycles. The van der Waals surface area contributed by atoms with Gasteiger partial charge in [0, 0.05) is 24.8 Å². The molecule has 0 spiro atoms. The minimum Gasteiger partial charge on any atom is -0.353 e. The van der Waals surface area contributed by atoms with Gasteiger partial charge in [-0.2, -0.15) is 0 Å². The molecule has 1 aliphatic heterocycles. The van der Waals surface area contributed by atoms with E-state index in [4.69, 9.17) is 0 Å². The Labute approximate surface area is 157 Å². The van der Waals surface area contributed by atoms with Gasteiger partial charge in [-0.3, -0.25) is 14.4 Å². The van der Waals surface area contributed by atoms with Gasteiger partial charge in [0.05, 0.1) is 11.4 Å². The molecule has 4 rings (SSSR count). The van der Waals surface area contributed by atoms with Crippen LogP contribution < -0.4 is 15.5 Å². The van der Waals surface area contributed by atoms with Crippen molar-refractivity contribution in [3.05, 3.63) is 60.2 Å². The van der Waals surface area contributed by atoms with Gasteiger partial charge in [-0.05, 0) is 24.1 Å². The van der Waals surface area contributed by atoms with Crippen LogP contribution in [0.4, 0.5) is 11.4 Å². The zero-order chi connectivity index (χ0) is 18.8. The lowest BCUT2D eigenvalue weighted by Gasteiger charge is -2.29. The second kappa shape index (κ2) is 7.23. The minimum atomic E-state index is -0.227. The van der Waals surface area contributed by atoms with Crippen LogP contribution in [0, 0.1) is 0 Å². The topological polar surface area (TPSA) is 78.5 Å². The summed E-state index contributed by atoms with van der Waals surface area (Å²) in [7, 11) is 0. The summed E-state index contributed by atoms with van der Waals surface area (Å²) in [5.41, 5.74) is 2.53. The molecule has 0 radical (unpaired) electrons. The second-order valence-corrected chi connectivity index (χ2v) is 6.97. The Kier molecular flexibility index (Phi) is 4.62. The van der Waals surface area contributed by atoms with Crippen molar-refractivity contribution in [2.24, 2.45) is 0 Å². The van der Waals surface area contributed by atoms with E-state index in [2.05, 4.69) is 22.8 Å². The molecule has 1 aliphatic carbocycles. The van der Waals surface area contributed by atoms with Crippen LogP contribution in [-0.2, 0) is 14.4 Å². The molecule has 2 atom stereocenters. The zero-order valence-corrected chi connectivity index (χ0v) is 14.9. The summed E-state index contributed by atoms with van der Waals surface area (Å²) < 4.78 is 0. The Morgan fingerprint density at radius 1 is 1.04 bits per heavy atom. The summed E-state index contributed by atoms with van der Waals surface area (Å²) in [5, 5.41) is 5.75. The van der Waals surface area contributed by atoms with Gasteiger partial charge < -0.3 is 15.5 Å². The molecule has 0 saturated heterocycles. The molecular formula is C21H21N3O3. The number of anilines is 2. The fourth-order valence-corrected chi connectivity index (χ4v) is 3.51. The van der Waals surface area contributed by atoms with E-state index in [1.165, 1.54) is 10.5 Å². The Hall–Kier alpha value is -3.15. The number of hydrogen-bond donors (Lipinski definition) is 2. The molecule has 0 bridgehead atoms.